The maximum atomic E-state index is 12.6. The van der Waals surface area contributed by atoms with Crippen molar-refractivity contribution in [3.63, 3.8) is 0 Å². The molecule has 1 aromatic carbocycles. The van der Waals surface area contributed by atoms with Crippen LogP contribution in [-0.4, -0.2) is 59.6 Å². The second-order valence-electron chi connectivity index (χ2n) is 5.92. The molecule has 0 spiro atoms. The molecule has 1 fully saturated rings. The predicted octanol–water partition coefficient (Wildman–Crippen LogP) is 1.48. The highest BCUT2D eigenvalue weighted by atomic mass is 16.3. The van der Waals surface area contributed by atoms with Gasteiger partial charge in [0.1, 0.15) is 0 Å². The minimum absolute atomic E-state index is 0.0241. The van der Waals surface area contributed by atoms with Gasteiger partial charge in [-0.1, -0.05) is 13.3 Å². The lowest BCUT2D eigenvalue weighted by Gasteiger charge is -2.40. The standard InChI is InChI=1S/C17H23N3O2/c1-3-4-15(10-20-11-16(21)12-20)19(2)17(22)14-7-5-13(9-18)6-8-14/h5-8,15-16,21H,3-4,10-12H2,1-2H3/t15-/m0/s1. The molecule has 1 atom stereocenters. The summed E-state index contributed by atoms with van der Waals surface area (Å²) in [6, 6.07) is 8.94. The van der Waals surface area contributed by atoms with E-state index in [1.807, 2.05) is 7.05 Å². The zero-order valence-corrected chi connectivity index (χ0v) is 13.2. The van der Waals surface area contributed by atoms with Crippen molar-refractivity contribution in [2.24, 2.45) is 0 Å². The molecule has 5 nitrogen and oxygen atoms in total. The Morgan fingerprint density at radius 1 is 1.45 bits per heavy atom. The molecular formula is C17H23N3O2. The molecule has 0 bridgehead atoms. The Hall–Kier alpha value is -1.90. The molecule has 0 aromatic heterocycles. The molecule has 0 aliphatic carbocycles. The fourth-order valence-corrected chi connectivity index (χ4v) is 2.79. The SMILES string of the molecule is CCC[C@@H](CN1CC(O)C1)N(C)C(=O)c1ccc(C#N)cc1. The summed E-state index contributed by atoms with van der Waals surface area (Å²) in [7, 11) is 1.83. The van der Waals surface area contributed by atoms with Gasteiger partial charge in [0, 0.05) is 38.3 Å². The maximum absolute atomic E-state index is 12.6. The van der Waals surface area contributed by atoms with Gasteiger partial charge in [-0.05, 0) is 30.7 Å². The lowest BCUT2D eigenvalue weighted by molar-refractivity contribution is -0.0113. The number of likely N-dealkylation sites (tertiary alicyclic amines) is 1. The second kappa shape index (κ2) is 7.39. The Morgan fingerprint density at radius 3 is 2.59 bits per heavy atom. The molecule has 1 N–H and O–H groups in total. The minimum Gasteiger partial charge on any atom is -0.390 e. The lowest BCUT2D eigenvalue weighted by atomic mass is 10.0. The normalized spacial score (nSPS) is 16.6. The summed E-state index contributed by atoms with van der Waals surface area (Å²) in [6.07, 6.45) is 1.72. The molecule has 1 heterocycles. The summed E-state index contributed by atoms with van der Waals surface area (Å²) >= 11 is 0. The van der Waals surface area contributed by atoms with Crippen LogP contribution in [-0.2, 0) is 0 Å². The lowest BCUT2D eigenvalue weighted by Crippen LogP contribution is -2.55. The summed E-state index contributed by atoms with van der Waals surface area (Å²) in [6.45, 7) is 4.29. The smallest absolute Gasteiger partial charge is 0.253 e. The number of nitriles is 1. The average molecular weight is 301 g/mol. The highest BCUT2D eigenvalue weighted by molar-refractivity contribution is 5.94. The Bertz CT molecular complexity index is 544. The van der Waals surface area contributed by atoms with E-state index < -0.39 is 0 Å². The highest BCUT2D eigenvalue weighted by Gasteiger charge is 2.29. The third kappa shape index (κ3) is 3.85. The summed E-state index contributed by atoms with van der Waals surface area (Å²) < 4.78 is 0. The van der Waals surface area contributed by atoms with Gasteiger partial charge >= 0.3 is 0 Å². The van der Waals surface area contributed by atoms with Crippen LogP contribution in [0, 0.1) is 11.3 Å². The van der Waals surface area contributed by atoms with Gasteiger partial charge in [-0.15, -0.1) is 0 Å². The quantitative estimate of drug-likeness (QED) is 0.864. The number of benzene rings is 1. The summed E-state index contributed by atoms with van der Waals surface area (Å²) in [5.41, 5.74) is 1.16. The molecule has 118 valence electrons. The van der Waals surface area contributed by atoms with E-state index >= 15 is 0 Å². The first kappa shape index (κ1) is 16.5. The van der Waals surface area contributed by atoms with Crippen LogP contribution in [0.3, 0.4) is 0 Å². The first-order valence-electron chi connectivity index (χ1n) is 7.73. The number of carbonyl (C=O) groups excluding carboxylic acids is 1. The van der Waals surface area contributed by atoms with Crippen molar-refractivity contribution in [2.75, 3.05) is 26.7 Å². The number of hydrogen-bond acceptors (Lipinski definition) is 4. The van der Waals surface area contributed by atoms with Crippen molar-refractivity contribution in [3.05, 3.63) is 35.4 Å². The monoisotopic (exact) mass is 301 g/mol. The number of likely N-dealkylation sites (N-methyl/N-ethyl adjacent to an activating group) is 1. The van der Waals surface area contributed by atoms with Gasteiger partial charge in [-0.2, -0.15) is 5.26 Å². The van der Waals surface area contributed by atoms with Gasteiger partial charge in [-0.3, -0.25) is 9.69 Å². The third-order valence-electron chi connectivity index (χ3n) is 4.16. The minimum atomic E-state index is -0.221. The molecule has 0 radical (unpaired) electrons. The van der Waals surface area contributed by atoms with E-state index in [4.69, 9.17) is 5.26 Å². The number of amides is 1. The molecule has 0 unspecified atom stereocenters. The molecule has 1 aliphatic heterocycles. The number of aliphatic hydroxyl groups excluding tert-OH is 1. The highest BCUT2D eigenvalue weighted by Crippen LogP contribution is 2.16. The number of carbonyl (C=O) groups is 1. The van der Waals surface area contributed by atoms with Crippen LogP contribution in [0.1, 0.15) is 35.7 Å². The number of nitrogens with zero attached hydrogens (tertiary/aromatic N) is 3. The number of hydrogen-bond donors (Lipinski definition) is 1. The molecule has 1 aromatic rings. The summed E-state index contributed by atoms with van der Waals surface area (Å²) in [5, 5.41) is 18.2. The van der Waals surface area contributed by atoms with Crippen LogP contribution in [0.5, 0.6) is 0 Å². The second-order valence-corrected chi connectivity index (χ2v) is 5.92. The van der Waals surface area contributed by atoms with Crippen molar-refractivity contribution >= 4 is 5.91 Å². The van der Waals surface area contributed by atoms with Crippen LogP contribution < -0.4 is 0 Å². The molecule has 22 heavy (non-hydrogen) atoms. The molecule has 5 heteroatoms. The van der Waals surface area contributed by atoms with Crippen LogP contribution in [0.2, 0.25) is 0 Å². The number of β-amino-alcohol motifs (C(OH)–C–C–N with tert-alkyl or cyclic N) is 1. The van der Waals surface area contributed by atoms with Crippen molar-refractivity contribution in [1.29, 1.82) is 5.26 Å². The average Bonchev–Trinajstić information content (AvgIpc) is 2.51. The van der Waals surface area contributed by atoms with Gasteiger partial charge in [0.05, 0.1) is 17.7 Å². The van der Waals surface area contributed by atoms with Gasteiger partial charge < -0.3 is 10.0 Å². The van der Waals surface area contributed by atoms with Crippen LogP contribution in [0.25, 0.3) is 0 Å². The molecule has 2 rings (SSSR count). The van der Waals surface area contributed by atoms with E-state index in [0.29, 0.717) is 24.2 Å². The first-order valence-corrected chi connectivity index (χ1v) is 7.73. The fraction of sp³-hybridized carbons (Fsp3) is 0.529. The number of aliphatic hydroxyl groups is 1. The zero-order valence-electron chi connectivity index (χ0n) is 13.2. The van der Waals surface area contributed by atoms with Crippen molar-refractivity contribution in [2.45, 2.75) is 31.9 Å². The van der Waals surface area contributed by atoms with Gasteiger partial charge in [0.15, 0.2) is 0 Å². The van der Waals surface area contributed by atoms with Crippen molar-refractivity contribution in [1.82, 2.24) is 9.80 Å². The van der Waals surface area contributed by atoms with Crippen LogP contribution in [0.4, 0.5) is 0 Å². The van der Waals surface area contributed by atoms with Crippen molar-refractivity contribution in [3.8, 4) is 6.07 Å². The summed E-state index contributed by atoms with van der Waals surface area (Å²) in [5.74, 6) is -0.0241. The van der Waals surface area contributed by atoms with Gasteiger partial charge in [0.25, 0.3) is 5.91 Å². The third-order valence-corrected chi connectivity index (χ3v) is 4.16. The van der Waals surface area contributed by atoms with E-state index in [-0.39, 0.29) is 18.1 Å². The Morgan fingerprint density at radius 2 is 2.09 bits per heavy atom. The Balaban J connectivity index is 2.02. The molecule has 1 aliphatic rings. The topological polar surface area (TPSA) is 67.6 Å². The molecular weight excluding hydrogens is 278 g/mol. The fourth-order valence-electron chi connectivity index (χ4n) is 2.79. The largest absolute Gasteiger partial charge is 0.390 e. The van der Waals surface area contributed by atoms with Gasteiger partial charge in [0.2, 0.25) is 0 Å². The predicted molar refractivity (Wildman–Crippen MR) is 84.4 cm³/mol. The molecule has 0 saturated carbocycles. The summed E-state index contributed by atoms with van der Waals surface area (Å²) in [4.78, 5) is 16.5. The Labute approximate surface area is 131 Å². The van der Waals surface area contributed by atoms with E-state index in [2.05, 4.69) is 17.9 Å². The Kier molecular flexibility index (Phi) is 5.53. The molecule has 1 amide bonds. The van der Waals surface area contributed by atoms with Gasteiger partial charge in [-0.25, -0.2) is 0 Å². The first-order chi connectivity index (χ1) is 10.5. The van der Waals surface area contributed by atoms with Crippen LogP contribution >= 0.6 is 0 Å². The van der Waals surface area contributed by atoms with E-state index in [1.165, 1.54) is 0 Å². The van der Waals surface area contributed by atoms with E-state index in [0.717, 1.165) is 19.4 Å². The van der Waals surface area contributed by atoms with E-state index in [1.54, 1.807) is 29.2 Å². The molecule has 1 saturated heterocycles. The van der Waals surface area contributed by atoms with E-state index in [9.17, 15) is 9.90 Å². The zero-order chi connectivity index (χ0) is 16.1. The maximum Gasteiger partial charge on any atom is 0.253 e. The van der Waals surface area contributed by atoms with Crippen molar-refractivity contribution < 1.29 is 9.90 Å². The number of rotatable bonds is 6. The van der Waals surface area contributed by atoms with Crippen LogP contribution in [0.15, 0.2) is 24.3 Å².